The van der Waals surface area contributed by atoms with Crippen molar-refractivity contribution in [2.24, 2.45) is 0 Å². The second-order valence-corrected chi connectivity index (χ2v) is 10.2. The fourth-order valence-electron chi connectivity index (χ4n) is 4.90. The molecule has 4 nitrogen and oxygen atoms in total. The number of ether oxygens (including phenoxy) is 2. The van der Waals surface area contributed by atoms with Crippen LogP contribution < -0.4 is 9.47 Å². The first-order chi connectivity index (χ1) is 14.7. The Balaban J connectivity index is 0.00000306. The van der Waals surface area contributed by atoms with Gasteiger partial charge in [0.2, 0.25) is 0 Å². The minimum absolute atomic E-state index is 0. The summed E-state index contributed by atoms with van der Waals surface area (Å²) in [5.74, 6) is 0.946. The van der Waals surface area contributed by atoms with Crippen LogP contribution in [0, 0.1) is 0 Å². The summed E-state index contributed by atoms with van der Waals surface area (Å²) in [5.41, 5.74) is 0.179. The van der Waals surface area contributed by atoms with Gasteiger partial charge in [-0.05, 0) is 65.9 Å². The van der Waals surface area contributed by atoms with Crippen molar-refractivity contribution in [3.05, 3.63) is 58.7 Å². The molecule has 0 saturated carbocycles. The van der Waals surface area contributed by atoms with E-state index >= 15 is 0 Å². The molecule has 2 aliphatic heterocycles. The highest BCUT2D eigenvalue weighted by atomic mass is 35.5. The normalized spacial score (nSPS) is 25.2. The number of aliphatic hydroxyl groups excluding tert-OH is 1. The number of nitrogens with zero attached hydrogens (tertiary/aromatic N) is 1. The summed E-state index contributed by atoms with van der Waals surface area (Å²) >= 11 is 0. The van der Waals surface area contributed by atoms with Crippen LogP contribution in [0.15, 0.2) is 36.4 Å². The van der Waals surface area contributed by atoms with E-state index in [2.05, 4.69) is 0 Å². The van der Waals surface area contributed by atoms with Crippen LogP contribution in [-0.2, 0) is 6.18 Å². The number of hydrogen-bond donors (Lipinski definition) is 1. The van der Waals surface area contributed by atoms with Crippen LogP contribution >= 0.6 is 12.4 Å². The first kappa shape index (κ1) is 25.7. The number of hydrogen-bond acceptors (Lipinski definition) is 4. The van der Waals surface area contributed by atoms with Crippen LogP contribution in [-0.4, -0.2) is 41.4 Å². The van der Waals surface area contributed by atoms with Crippen molar-refractivity contribution in [3.8, 4) is 11.5 Å². The second kappa shape index (κ2) is 8.36. The van der Waals surface area contributed by atoms with Gasteiger partial charge in [-0.25, -0.2) is 0 Å². The highest BCUT2D eigenvalue weighted by Crippen LogP contribution is 2.51. The Kier molecular flexibility index (Phi) is 6.50. The maximum absolute atomic E-state index is 13.4. The van der Waals surface area contributed by atoms with Gasteiger partial charge in [-0.1, -0.05) is 18.2 Å². The molecule has 0 spiro atoms. The molecule has 0 aliphatic carbocycles. The van der Waals surface area contributed by atoms with Crippen molar-refractivity contribution in [1.82, 2.24) is 4.90 Å². The van der Waals surface area contributed by atoms with Crippen LogP contribution in [0.25, 0.3) is 0 Å². The Morgan fingerprint density at radius 3 is 2.21 bits per heavy atom. The topological polar surface area (TPSA) is 41.9 Å². The average Bonchev–Trinajstić information content (AvgIpc) is 2.65. The molecule has 2 aromatic rings. The molecule has 4 rings (SSSR count). The highest BCUT2D eigenvalue weighted by molar-refractivity contribution is 5.85. The molecular formula is C25H31ClF3NO3. The summed E-state index contributed by atoms with van der Waals surface area (Å²) in [6.07, 6.45) is -4.66. The molecule has 2 heterocycles. The third-order valence-electron chi connectivity index (χ3n) is 6.48. The van der Waals surface area contributed by atoms with Crippen molar-refractivity contribution in [2.75, 3.05) is 14.1 Å². The molecule has 3 atom stereocenters. The zero-order valence-corrected chi connectivity index (χ0v) is 20.5. The molecule has 182 valence electrons. The lowest BCUT2D eigenvalue weighted by Gasteiger charge is -2.46. The number of fused-ring (bicyclic) bond motifs is 2. The van der Waals surface area contributed by atoms with E-state index in [4.69, 9.17) is 9.47 Å². The number of alkyl halides is 3. The van der Waals surface area contributed by atoms with Crippen molar-refractivity contribution in [2.45, 2.75) is 69.6 Å². The molecule has 0 radical (unpaired) electrons. The molecule has 0 aromatic heterocycles. The Morgan fingerprint density at radius 1 is 0.970 bits per heavy atom. The lowest BCUT2D eigenvalue weighted by Crippen LogP contribution is -2.52. The van der Waals surface area contributed by atoms with E-state index in [9.17, 15) is 18.3 Å². The van der Waals surface area contributed by atoms with E-state index in [-0.39, 0.29) is 24.4 Å². The quantitative estimate of drug-likeness (QED) is 0.570. The van der Waals surface area contributed by atoms with E-state index in [0.29, 0.717) is 23.5 Å². The van der Waals surface area contributed by atoms with Gasteiger partial charge in [0.1, 0.15) is 28.8 Å². The maximum Gasteiger partial charge on any atom is 0.416 e. The molecule has 0 bridgehead atoms. The number of benzene rings is 2. The van der Waals surface area contributed by atoms with Gasteiger partial charge in [-0.2, -0.15) is 13.2 Å². The number of rotatable bonds is 2. The van der Waals surface area contributed by atoms with Crippen LogP contribution in [0.5, 0.6) is 11.5 Å². The van der Waals surface area contributed by atoms with Gasteiger partial charge in [-0.15, -0.1) is 12.4 Å². The molecule has 1 N–H and O–H groups in total. The largest absolute Gasteiger partial charge is 0.487 e. The Bertz CT molecular complexity index is 1040. The predicted molar refractivity (Wildman–Crippen MR) is 123 cm³/mol. The number of likely N-dealkylation sites (N-methyl/N-ethyl adjacent to an activating group) is 1. The van der Waals surface area contributed by atoms with Crippen molar-refractivity contribution in [1.29, 1.82) is 0 Å². The van der Waals surface area contributed by atoms with Gasteiger partial charge >= 0.3 is 6.18 Å². The molecule has 0 fully saturated rings. The highest BCUT2D eigenvalue weighted by Gasteiger charge is 2.46. The third-order valence-corrected chi connectivity index (χ3v) is 6.48. The van der Waals surface area contributed by atoms with Gasteiger partial charge in [0.25, 0.3) is 0 Å². The first-order valence-corrected chi connectivity index (χ1v) is 10.8. The van der Waals surface area contributed by atoms with Gasteiger partial charge in [0.15, 0.2) is 0 Å². The van der Waals surface area contributed by atoms with Crippen LogP contribution in [0.3, 0.4) is 0 Å². The van der Waals surface area contributed by atoms with Crippen molar-refractivity contribution >= 4 is 12.4 Å². The maximum atomic E-state index is 13.4. The Hall–Kier alpha value is -1.96. The standard InChI is InChI=1S/C25H30F3NO3.ClH/c1-23(2)13-18(14-8-7-9-15(10-14)25(26,27)28)16-11-17-20(12-19(16)31-23)32-24(3,4)22(30)21(17)29(5)6;/h7-12,18,21-22,30H,13H2,1-6H3;1H. The molecule has 0 amide bonds. The van der Waals surface area contributed by atoms with Crippen molar-refractivity contribution < 1.29 is 27.8 Å². The molecule has 2 aromatic carbocycles. The second-order valence-electron chi connectivity index (χ2n) is 10.2. The van der Waals surface area contributed by atoms with Crippen LogP contribution in [0.4, 0.5) is 13.2 Å². The summed E-state index contributed by atoms with van der Waals surface area (Å²) in [6.45, 7) is 7.56. The van der Waals surface area contributed by atoms with Crippen LogP contribution in [0.1, 0.15) is 68.3 Å². The third kappa shape index (κ3) is 4.68. The van der Waals surface area contributed by atoms with E-state index in [0.717, 1.165) is 17.2 Å². The zero-order valence-electron chi connectivity index (χ0n) is 19.7. The van der Waals surface area contributed by atoms with Gasteiger partial charge < -0.3 is 14.6 Å². The van der Waals surface area contributed by atoms with Gasteiger partial charge in [-0.3, -0.25) is 4.90 Å². The lowest BCUT2D eigenvalue weighted by molar-refractivity contribution is -0.137. The van der Waals surface area contributed by atoms with Gasteiger partial charge in [0.05, 0.1) is 11.6 Å². The zero-order chi connectivity index (χ0) is 23.6. The first-order valence-electron chi connectivity index (χ1n) is 10.8. The molecule has 3 unspecified atom stereocenters. The monoisotopic (exact) mass is 485 g/mol. The van der Waals surface area contributed by atoms with E-state index in [1.165, 1.54) is 12.1 Å². The minimum atomic E-state index is -4.41. The number of aliphatic hydroxyl groups is 1. The van der Waals surface area contributed by atoms with E-state index < -0.39 is 29.0 Å². The summed E-state index contributed by atoms with van der Waals surface area (Å²) in [4.78, 5) is 1.94. The average molecular weight is 486 g/mol. The fraction of sp³-hybridized carbons (Fsp3) is 0.520. The smallest absolute Gasteiger partial charge is 0.416 e. The SMILES string of the molecule is CN(C)C1c2cc3c(cc2OC(C)(C)C1O)OC(C)(C)CC3c1cccc(C(F)(F)F)c1.Cl. The molecule has 8 heteroatoms. The predicted octanol–water partition coefficient (Wildman–Crippen LogP) is 5.95. The molecule has 2 aliphatic rings. The Morgan fingerprint density at radius 2 is 1.61 bits per heavy atom. The molecule has 0 saturated heterocycles. The van der Waals surface area contributed by atoms with Crippen LogP contribution in [0.2, 0.25) is 0 Å². The minimum Gasteiger partial charge on any atom is -0.487 e. The fourth-order valence-corrected chi connectivity index (χ4v) is 4.90. The summed E-state index contributed by atoms with van der Waals surface area (Å²) < 4.78 is 52.6. The lowest BCUT2D eigenvalue weighted by atomic mass is 9.77. The summed E-state index contributed by atoms with van der Waals surface area (Å²) in [6, 6.07) is 8.96. The number of halogens is 4. The molecular weight excluding hydrogens is 455 g/mol. The molecule has 33 heavy (non-hydrogen) atoms. The Labute approximate surface area is 199 Å². The van der Waals surface area contributed by atoms with E-state index in [1.807, 2.05) is 58.8 Å². The van der Waals surface area contributed by atoms with Crippen molar-refractivity contribution in [3.63, 3.8) is 0 Å². The summed E-state index contributed by atoms with van der Waals surface area (Å²) in [5, 5.41) is 11.0. The summed E-state index contributed by atoms with van der Waals surface area (Å²) in [7, 11) is 3.78. The van der Waals surface area contributed by atoms with E-state index in [1.54, 1.807) is 6.07 Å². The van der Waals surface area contributed by atoms with Gasteiger partial charge in [0, 0.05) is 23.1 Å².